The molecular weight excluding hydrogens is 364 g/mol. The molecule has 1 fully saturated rings. The van der Waals surface area contributed by atoms with Crippen LogP contribution in [0, 0.1) is 6.92 Å². The van der Waals surface area contributed by atoms with Crippen LogP contribution in [-0.2, 0) is 11.8 Å². The molecule has 0 aliphatic carbocycles. The van der Waals surface area contributed by atoms with E-state index in [0.29, 0.717) is 29.3 Å². The first kappa shape index (κ1) is 17.5. The zero-order chi connectivity index (χ0) is 19.1. The summed E-state index contributed by atoms with van der Waals surface area (Å²) in [6.07, 6.45) is 1.41. The van der Waals surface area contributed by atoms with E-state index in [1.54, 1.807) is 28.8 Å². The lowest BCUT2D eigenvalue weighted by molar-refractivity contribution is -0.117. The molecule has 1 N–H and O–H groups in total. The summed E-state index contributed by atoms with van der Waals surface area (Å²) in [5, 5.41) is 8.26. The first-order valence-corrected chi connectivity index (χ1v) is 9.52. The van der Waals surface area contributed by atoms with E-state index in [1.807, 2.05) is 26.1 Å². The second-order valence-electron chi connectivity index (χ2n) is 6.53. The molecule has 27 heavy (non-hydrogen) atoms. The zero-order valence-electron chi connectivity index (χ0n) is 15.4. The van der Waals surface area contributed by atoms with E-state index in [0.717, 1.165) is 28.0 Å². The fourth-order valence-electron chi connectivity index (χ4n) is 3.39. The zero-order valence-corrected chi connectivity index (χ0v) is 16.2. The maximum atomic E-state index is 12.7. The smallest absolute Gasteiger partial charge is 0.265 e. The van der Waals surface area contributed by atoms with E-state index >= 15 is 0 Å². The number of methoxy groups -OCH3 is 1. The Morgan fingerprint density at radius 2 is 2.15 bits per heavy atom. The van der Waals surface area contributed by atoms with E-state index < -0.39 is 0 Å². The van der Waals surface area contributed by atoms with Gasteiger partial charge in [0, 0.05) is 37.2 Å². The molecule has 1 aliphatic rings. The van der Waals surface area contributed by atoms with Crippen molar-refractivity contribution in [1.29, 1.82) is 0 Å². The van der Waals surface area contributed by atoms with Crippen molar-refractivity contribution in [2.75, 3.05) is 23.9 Å². The van der Waals surface area contributed by atoms with Crippen molar-refractivity contribution in [3.05, 3.63) is 34.8 Å². The molecule has 0 atom stereocenters. The van der Waals surface area contributed by atoms with Crippen LogP contribution in [0.5, 0.6) is 5.75 Å². The van der Waals surface area contributed by atoms with Gasteiger partial charge in [-0.05, 0) is 31.5 Å². The topological polar surface area (TPSA) is 76.5 Å². The number of nitrogens with one attached hydrogen (secondary N) is 1. The molecule has 2 aromatic heterocycles. The molecule has 0 radical (unpaired) electrons. The first-order chi connectivity index (χ1) is 13.0. The van der Waals surface area contributed by atoms with Crippen LogP contribution in [0.2, 0.25) is 0 Å². The number of carbonyl (C=O) groups is 2. The van der Waals surface area contributed by atoms with Crippen LogP contribution in [0.1, 0.15) is 28.2 Å². The standard InChI is InChI=1S/C19H20N4O3S/c1-11-13-10-16(27-19(13)22(2)21-11)18(25)20-12-6-7-14(15(9-12)26-3)23-8-4-5-17(23)24/h6-7,9-10H,4-5,8H2,1-3H3,(H,20,25). The minimum Gasteiger partial charge on any atom is -0.494 e. The normalized spacial score (nSPS) is 14.2. The van der Waals surface area contributed by atoms with Crippen LogP contribution in [0.15, 0.2) is 24.3 Å². The average Bonchev–Trinajstić information content (AvgIpc) is 3.33. The summed E-state index contributed by atoms with van der Waals surface area (Å²) in [5.41, 5.74) is 2.27. The van der Waals surface area contributed by atoms with Gasteiger partial charge >= 0.3 is 0 Å². The fourth-order valence-corrected chi connectivity index (χ4v) is 4.41. The second-order valence-corrected chi connectivity index (χ2v) is 7.56. The highest BCUT2D eigenvalue weighted by Crippen LogP contribution is 2.34. The highest BCUT2D eigenvalue weighted by Gasteiger charge is 2.24. The summed E-state index contributed by atoms with van der Waals surface area (Å²) in [5.74, 6) is 0.487. The number of hydrogen-bond acceptors (Lipinski definition) is 5. The van der Waals surface area contributed by atoms with Crippen molar-refractivity contribution in [3.8, 4) is 5.75 Å². The van der Waals surface area contributed by atoms with Crippen LogP contribution in [-0.4, -0.2) is 35.2 Å². The summed E-state index contributed by atoms with van der Waals surface area (Å²) >= 11 is 1.41. The Morgan fingerprint density at radius 1 is 1.33 bits per heavy atom. The summed E-state index contributed by atoms with van der Waals surface area (Å²) in [7, 11) is 3.43. The van der Waals surface area contributed by atoms with Crippen LogP contribution in [0.4, 0.5) is 11.4 Å². The molecule has 3 heterocycles. The molecule has 0 spiro atoms. The number of rotatable bonds is 4. The Hall–Kier alpha value is -2.87. The van der Waals surface area contributed by atoms with Gasteiger partial charge in [0.25, 0.3) is 5.91 Å². The van der Waals surface area contributed by atoms with Gasteiger partial charge in [0.05, 0.1) is 23.4 Å². The van der Waals surface area contributed by atoms with Gasteiger partial charge in [-0.2, -0.15) is 5.10 Å². The molecule has 1 aromatic carbocycles. The van der Waals surface area contributed by atoms with Gasteiger partial charge < -0.3 is 15.0 Å². The molecule has 1 saturated heterocycles. The van der Waals surface area contributed by atoms with Gasteiger partial charge in [-0.3, -0.25) is 14.3 Å². The van der Waals surface area contributed by atoms with E-state index in [4.69, 9.17) is 4.74 Å². The SMILES string of the molecule is COc1cc(NC(=O)c2cc3c(C)nn(C)c3s2)ccc1N1CCCC1=O. The summed E-state index contributed by atoms with van der Waals surface area (Å²) in [4.78, 5) is 28.0. The first-order valence-electron chi connectivity index (χ1n) is 8.71. The van der Waals surface area contributed by atoms with Gasteiger partial charge in [-0.25, -0.2) is 0 Å². The number of hydrogen-bond donors (Lipinski definition) is 1. The molecule has 1 aliphatic heterocycles. The van der Waals surface area contributed by atoms with Gasteiger partial charge in [0.1, 0.15) is 10.6 Å². The molecule has 2 amide bonds. The van der Waals surface area contributed by atoms with Crippen LogP contribution in [0.25, 0.3) is 10.2 Å². The van der Waals surface area contributed by atoms with E-state index in [9.17, 15) is 9.59 Å². The highest BCUT2D eigenvalue weighted by molar-refractivity contribution is 7.20. The number of anilines is 2. The number of thiophene rings is 1. The molecule has 0 saturated carbocycles. The average molecular weight is 384 g/mol. The van der Waals surface area contributed by atoms with E-state index in [2.05, 4.69) is 10.4 Å². The lowest BCUT2D eigenvalue weighted by atomic mass is 10.2. The summed E-state index contributed by atoms with van der Waals surface area (Å²) < 4.78 is 7.24. The molecule has 3 aromatic rings. The lowest BCUT2D eigenvalue weighted by Gasteiger charge is -2.19. The van der Waals surface area contributed by atoms with Gasteiger partial charge in [-0.15, -0.1) is 11.3 Å². The maximum Gasteiger partial charge on any atom is 0.265 e. The highest BCUT2D eigenvalue weighted by atomic mass is 32.1. The predicted octanol–water partition coefficient (Wildman–Crippen LogP) is 3.33. The number of fused-ring (bicyclic) bond motifs is 1. The van der Waals surface area contributed by atoms with Gasteiger partial charge in [-0.1, -0.05) is 0 Å². The molecule has 140 valence electrons. The van der Waals surface area contributed by atoms with Crippen LogP contribution in [0.3, 0.4) is 0 Å². The van der Waals surface area contributed by atoms with Crippen LogP contribution >= 0.6 is 11.3 Å². The minimum atomic E-state index is -0.178. The van der Waals surface area contributed by atoms with E-state index in [-0.39, 0.29) is 11.8 Å². The van der Waals surface area contributed by atoms with Crippen molar-refractivity contribution in [3.63, 3.8) is 0 Å². The number of aromatic nitrogens is 2. The number of nitrogens with zero attached hydrogens (tertiary/aromatic N) is 3. The summed E-state index contributed by atoms with van der Waals surface area (Å²) in [6, 6.07) is 7.23. The Morgan fingerprint density at radius 3 is 2.81 bits per heavy atom. The lowest BCUT2D eigenvalue weighted by Crippen LogP contribution is -2.24. The monoisotopic (exact) mass is 384 g/mol. The van der Waals surface area contributed by atoms with Crippen molar-refractivity contribution in [2.45, 2.75) is 19.8 Å². The Bertz CT molecular complexity index is 1020. The third kappa shape index (κ3) is 3.06. The maximum absolute atomic E-state index is 12.7. The molecule has 0 bridgehead atoms. The third-order valence-electron chi connectivity index (χ3n) is 4.72. The van der Waals surface area contributed by atoms with Crippen molar-refractivity contribution >= 4 is 44.7 Å². The number of aryl methyl sites for hydroxylation is 2. The number of benzene rings is 1. The number of carbonyl (C=O) groups excluding carboxylic acids is 2. The predicted molar refractivity (Wildman–Crippen MR) is 106 cm³/mol. The summed E-state index contributed by atoms with van der Waals surface area (Å²) in [6.45, 7) is 2.62. The molecule has 4 rings (SSSR count). The number of ether oxygens (including phenoxy) is 1. The minimum absolute atomic E-state index is 0.0966. The molecule has 7 nitrogen and oxygen atoms in total. The quantitative estimate of drug-likeness (QED) is 0.749. The second kappa shape index (κ2) is 6.70. The largest absolute Gasteiger partial charge is 0.494 e. The van der Waals surface area contributed by atoms with E-state index in [1.165, 1.54) is 11.3 Å². The molecular formula is C19H20N4O3S. The van der Waals surface area contributed by atoms with Crippen molar-refractivity contribution < 1.29 is 14.3 Å². The van der Waals surface area contributed by atoms with Crippen molar-refractivity contribution in [1.82, 2.24) is 9.78 Å². The van der Waals surface area contributed by atoms with Crippen LogP contribution < -0.4 is 15.0 Å². The Labute approximate surface area is 160 Å². The third-order valence-corrected chi connectivity index (χ3v) is 5.92. The van der Waals surface area contributed by atoms with Gasteiger partial charge in [0.2, 0.25) is 5.91 Å². The fraction of sp³-hybridized carbons (Fsp3) is 0.316. The Kier molecular flexibility index (Phi) is 4.35. The molecule has 8 heteroatoms. The molecule has 0 unspecified atom stereocenters. The van der Waals surface area contributed by atoms with Crippen molar-refractivity contribution in [2.24, 2.45) is 7.05 Å². The van der Waals surface area contributed by atoms with Gasteiger partial charge in [0.15, 0.2) is 0 Å². The number of amides is 2. The Balaban J connectivity index is 1.58.